The fourth-order valence-corrected chi connectivity index (χ4v) is 1.74. The highest BCUT2D eigenvalue weighted by Gasteiger charge is 2.21. The van der Waals surface area contributed by atoms with Crippen LogP contribution in [0.2, 0.25) is 0 Å². The summed E-state index contributed by atoms with van der Waals surface area (Å²) in [7, 11) is 0. The number of aromatic nitrogens is 4. The zero-order valence-corrected chi connectivity index (χ0v) is 13.0. The monoisotopic (exact) mass is 291 g/mol. The molecule has 8 heteroatoms. The lowest BCUT2D eigenvalue weighted by atomic mass is 9.95. The van der Waals surface area contributed by atoms with Crippen LogP contribution in [0.25, 0.3) is 0 Å². The first-order chi connectivity index (χ1) is 9.81. The van der Waals surface area contributed by atoms with Crippen molar-refractivity contribution in [3.05, 3.63) is 23.1 Å². The molecule has 2 rings (SSSR count). The maximum absolute atomic E-state index is 5.53. The molecule has 4 N–H and O–H groups in total. The van der Waals surface area contributed by atoms with Crippen molar-refractivity contribution in [2.45, 2.75) is 46.6 Å². The van der Waals surface area contributed by atoms with Crippen molar-refractivity contribution >= 4 is 11.6 Å². The summed E-state index contributed by atoms with van der Waals surface area (Å²) >= 11 is 0. The molecular weight excluding hydrogens is 270 g/mol. The Hall–Kier alpha value is -2.22. The predicted molar refractivity (Wildman–Crippen MR) is 79.6 cm³/mol. The Morgan fingerprint density at radius 2 is 1.76 bits per heavy atom. The van der Waals surface area contributed by atoms with Crippen molar-refractivity contribution in [2.75, 3.05) is 10.7 Å². The first-order valence-electron chi connectivity index (χ1n) is 6.70. The topological polar surface area (TPSA) is 115 Å². The average molecular weight is 291 g/mol. The maximum atomic E-state index is 5.53. The molecule has 0 atom stereocenters. The van der Waals surface area contributed by atoms with Gasteiger partial charge in [0, 0.05) is 11.0 Å². The molecule has 0 amide bonds. The minimum absolute atomic E-state index is 0.184. The lowest BCUT2D eigenvalue weighted by Gasteiger charge is -2.20. The van der Waals surface area contributed by atoms with Crippen molar-refractivity contribution in [3.8, 4) is 0 Å². The lowest BCUT2D eigenvalue weighted by molar-refractivity contribution is 0.379. The van der Waals surface area contributed by atoms with Crippen LogP contribution in [0.4, 0.5) is 11.6 Å². The van der Waals surface area contributed by atoms with Gasteiger partial charge in [-0.15, -0.1) is 0 Å². The molecule has 2 aromatic rings. The van der Waals surface area contributed by atoms with Gasteiger partial charge < -0.3 is 15.3 Å². The fraction of sp³-hybridized carbons (Fsp3) is 0.538. The number of aryl methyl sites for hydroxylation is 1. The average Bonchev–Trinajstić information content (AvgIpc) is 2.82. The molecule has 0 aliphatic rings. The molecule has 21 heavy (non-hydrogen) atoms. The molecule has 0 saturated carbocycles. The van der Waals surface area contributed by atoms with E-state index < -0.39 is 0 Å². The van der Waals surface area contributed by atoms with Gasteiger partial charge in [0.2, 0.25) is 5.89 Å². The molecule has 0 saturated heterocycles. The van der Waals surface area contributed by atoms with E-state index in [-0.39, 0.29) is 5.41 Å². The predicted octanol–water partition coefficient (Wildman–Crippen LogP) is 1.67. The Morgan fingerprint density at radius 1 is 1.10 bits per heavy atom. The molecule has 8 nitrogen and oxygen atoms in total. The highest BCUT2D eigenvalue weighted by molar-refractivity contribution is 5.57. The van der Waals surface area contributed by atoms with Crippen LogP contribution in [0, 0.1) is 13.8 Å². The summed E-state index contributed by atoms with van der Waals surface area (Å²) in [6.45, 7) is 10.2. The summed E-state index contributed by atoms with van der Waals surface area (Å²) in [4.78, 5) is 13.2. The molecule has 0 unspecified atom stereocenters. The highest BCUT2D eigenvalue weighted by Crippen LogP contribution is 2.26. The summed E-state index contributed by atoms with van der Waals surface area (Å²) in [6.07, 6.45) is 0. The van der Waals surface area contributed by atoms with E-state index in [2.05, 4.69) is 30.9 Å². The third-order valence-electron chi connectivity index (χ3n) is 2.93. The van der Waals surface area contributed by atoms with Gasteiger partial charge in [0.05, 0.1) is 6.54 Å². The zero-order chi connectivity index (χ0) is 15.6. The number of nitrogens with one attached hydrogen (secondary N) is 2. The number of hydrogen-bond donors (Lipinski definition) is 3. The molecule has 0 aromatic carbocycles. The van der Waals surface area contributed by atoms with Gasteiger partial charge in [-0.05, 0) is 13.8 Å². The molecule has 0 aliphatic heterocycles. The molecule has 0 fully saturated rings. The SMILES string of the molecule is Cc1noc(CNc2nc(C(C)(C)C)nc(NN)c2C)n1. The molecule has 0 spiro atoms. The molecule has 0 aliphatic carbocycles. The van der Waals surface area contributed by atoms with Crippen LogP contribution in [0.3, 0.4) is 0 Å². The van der Waals surface area contributed by atoms with Gasteiger partial charge in [-0.25, -0.2) is 15.8 Å². The van der Waals surface area contributed by atoms with Crippen LogP contribution in [0.15, 0.2) is 4.52 Å². The van der Waals surface area contributed by atoms with Crippen molar-refractivity contribution < 1.29 is 4.52 Å². The Kier molecular flexibility index (Phi) is 4.08. The van der Waals surface area contributed by atoms with Crippen LogP contribution < -0.4 is 16.6 Å². The van der Waals surface area contributed by atoms with Gasteiger partial charge in [-0.1, -0.05) is 25.9 Å². The summed E-state index contributed by atoms with van der Waals surface area (Å²) in [5, 5.41) is 6.94. The molecule has 0 bridgehead atoms. The molecule has 2 heterocycles. The van der Waals surface area contributed by atoms with E-state index in [9.17, 15) is 0 Å². The van der Waals surface area contributed by atoms with E-state index in [1.807, 2.05) is 27.7 Å². The second-order valence-corrected chi connectivity index (χ2v) is 5.85. The van der Waals surface area contributed by atoms with Crippen LogP contribution in [-0.2, 0) is 12.0 Å². The summed E-state index contributed by atoms with van der Waals surface area (Å²) in [5.74, 6) is 8.63. The number of nitrogen functional groups attached to an aromatic ring is 1. The molecular formula is C13H21N7O. The smallest absolute Gasteiger partial charge is 0.245 e. The van der Waals surface area contributed by atoms with Gasteiger partial charge in [-0.3, -0.25) is 0 Å². The highest BCUT2D eigenvalue weighted by atomic mass is 16.5. The standard InChI is InChI=1S/C13H21N7O/c1-7-10(15-6-9-16-8(2)20-21-9)17-12(13(3,4)5)18-11(7)19-14/h6,14H2,1-5H3,(H2,15,17,18,19). The number of rotatable bonds is 4. The number of hydrogen-bond acceptors (Lipinski definition) is 8. The lowest BCUT2D eigenvalue weighted by Crippen LogP contribution is -2.21. The van der Waals surface area contributed by atoms with Crippen LogP contribution in [0.5, 0.6) is 0 Å². The number of anilines is 2. The van der Waals surface area contributed by atoms with Gasteiger partial charge >= 0.3 is 0 Å². The Labute approximate surface area is 123 Å². The molecule has 0 radical (unpaired) electrons. The number of hydrazine groups is 1. The Morgan fingerprint density at radius 3 is 2.29 bits per heavy atom. The van der Waals surface area contributed by atoms with Gasteiger partial charge in [0.25, 0.3) is 0 Å². The normalized spacial score (nSPS) is 11.5. The minimum Gasteiger partial charge on any atom is -0.361 e. The van der Waals surface area contributed by atoms with E-state index in [1.54, 1.807) is 6.92 Å². The van der Waals surface area contributed by atoms with Gasteiger partial charge in [-0.2, -0.15) is 4.98 Å². The first-order valence-corrected chi connectivity index (χ1v) is 6.70. The minimum atomic E-state index is -0.184. The third kappa shape index (κ3) is 3.46. The molecule has 2 aromatic heterocycles. The van der Waals surface area contributed by atoms with Gasteiger partial charge in [0.1, 0.15) is 17.5 Å². The van der Waals surface area contributed by atoms with E-state index in [4.69, 9.17) is 10.4 Å². The van der Waals surface area contributed by atoms with Crippen LogP contribution in [-0.4, -0.2) is 20.1 Å². The van der Waals surface area contributed by atoms with Crippen molar-refractivity contribution in [1.82, 2.24) is 20.1 Å². The second kappa shape index (κ2) is 5.65. The summed E-state index contributed by atoms with van der Waals surface area (Å²) in [6, 6.07) is 0. The number of nitrogens with two attached hydrogens (primary N) is 1. The fourth-order valence-electron chi connectivity index (χ4n) is 1.74. The van der Waals surface area contributed by atoms with Crippen molar-refractivity contribution in [2.24, 2.45) is 5.84 Å². The quantitative estimate of drug-likeness (QED) is 0.575. The van der Waals surface area contributed by atoms with Crippen molar-refractivity contribution in [1.29, 1.82) is 0 Å². The Bertz CT molecular complexity index is 630. The second-order valence-electron chi connectivity index (χ2n) is 5.85. The largest absolute Gasteiger partial charge is 0.361 e. The van der Waals surface area contributed by atoms with Crippen LogP contribution in [0.1, 0.15) is 43.9 Å². The Balaban J connectivity index is 2.28. The van der Waals surface area contributed by atoms with Gasteiger partial charge in [0.15, 0.2) is 5.82 Å². The molecule has 114 valence electrons. The van der Waals surface area contributed by atoms with E-state index in [1.165, 1.54) is 0 Å². The number of nitrogens with zero attached hydrogens (tertiary/aromatic N) is 4. The van der Waals surface area contributed by atoms with Crippen molar-refractivity contribution in [3.63, 3.8) is 0 Å². The summed E-state index contributed by atoms with van der Waals surface area (Å²) in [5.41, 5.74) is 3.26. The first kappa shape index (κ1) is 15.2. The van der Waals surface area contributed by atoms with E-state index in [0.717, 1.165) is 5.56 Å². The summed E-state index contributed by atoms with van der Waals surface area (Å²) < 4.78 is 5.07. The van der Waals surface area contributed by atoms with E-state index >= 15 is 0 Å². The third-order valence-corrected chi connectivity index (χ3v) is 2.93. The zero-order valence-electron chi connectivity index (χ0n) is 13.0. The maximum Gasteiger partial charge on any atom is 0.245 e. The van der Waals surface area contributed by atoms with E-state index in [0.29, 0.717) is 35.7 Å². The van der Waals surface area contributed by atoms with Crippen LogP contribution >= 0.6 is 0 Å².